The Balaban J connectivity index is 1.72. The zero-order valence-electron chi connectivity index (χ0n) is 11.8. The lowest BCUT2D eigenvalue weighted by Gasteiger charge is -2.12. The van der Waals surface area contributed by atoms with Crippen molar-refractivity contribution in [1.29, 1.82) is 0 Å². The van der Waals surface area contributed by atoms with Crippen molar-refractivity contribution < 1.29 is 4.74 Å². The minimum absolute atomic E-state index is 0.704. The summed E-state index contributed by atoms with van der Waals surface area (Å²) >= 11 is 1.84. The molecule has 0 aliphatic carbocycles. The lowest BCUT2D eigenvalue weighted by Crippen LogP contribution is -2.20. The van der Waals surface area contributed by atoms with Gasteiger partial charge in [0, 0.05) is 22.8 Å². The Morgan fingerprint density at radius 2 is 1.79 bits per heavy atom. The van der Waals surface area contributed by atoms with E-state index in [9.17, 15) is 0 Å². The molecule has 102 valence electrons. The van der Waals surface area contributed by atoms with Crippen LogP contribution in [0.25, 0.3) is 0 Å². The van der Waals surface area contributed by atoms with Gasteiger partial charge in [0.15, 0.2) is 0 Å². The van der Waals surface area contributed by atoms with Crippen molar-refractivity contribution >= 4 is 11.3 Å². The van der Waals surface area contributed by atoms with Gasteiger partial charge in [-0.1, -0.05) is 18.2 Å². The Bertz CT molecular complexity index is 513. The summed E-state index contributed by atoms with van der Waals surface area (Å²) in [5, 5.41) is 3.41. The molecule has 1 aromatic heterocycles. The smallest absolute Gasteiger partial charge is 0.125 e. The first-order valence-corrected chi connectivity index (χ1v) is 7.43. The van der Waals surface area contributed by atoms with Crippen LogP contribution in [0.5, 0.6) is 5.75 Å². The van der Waals surface area contributed by atoms with E-state index in [-0.39, 0.29) is 0 Å². The number of ether oxygens (including phenoxy) is 1. The Morgan fingerprint density at radius 3 is 2.42 bits per heavy atom. The first-order valence-electron chi connectivity index (χ1n) is 6.62. The Kier molecular flexibility index (Phi) is 5.00. The molecule has 0 radical (unpaired) electrons. The van der Waals surface area contributed by atoms with Crippen LogP contribution in [-0.2, 0) is 6.54 Å². The molecule has 1 N–H and O–H groups in total. The van der Waals surface area contributed by atoms with Gasteiger partial charge in [0.1, 0.15) is 12.4 Å². The van der Waals surface area contributed by atoms with E-state index >= 15 is 0 Å². The molecular weight excluding hydrogens is 254 g/mol. The van der Waals surface area contributed by atoms with E-state index in [4.69, 9.17) is 4.74 Å². The van der Waals surface area contributed by atoms with Crippen LogP contribution in [0.3, 0.4) is 0 Å². The molecule has 0 saturated heterocycles. The van der Waals surface area contributed by atoms with Crippen LogP contribution < -0.4 is 10.1 Å². The minimum atomic E-state index is 0.704. The second-order valence-electron chi connectivity index (χ2n) is 4.76. The fraction of sp³-hybridized carbons (Fsp3) is 0.375. The molecule has 0 aliphatic heterocycles. The van der Waals surface area contributed by atoms with Crippen LogP contribution in [0.1, 0.15) is 20.9 Å². The lowest BCUT2D eigenvalue weighted by atomic mass is 10.1. The topological polar surface area (TPSA) is 21.3 Å². The SMILES string of the molecule is Cc1ccc(CNCCOc2c(C)cccc2C)s1. The molecule has 0 spiro atoms. The third kappa shape index (κ3) is 4.08. The second kappa shape index (κ2) is 6.73. The van der Waals surface area contributed by atoms with Gasteiger partial charge in [-0.15, -0.1) is 11.3 Å². The van der Waals surface area contributed by atoms with Crippen molar-refractivity contribution in [3.63, 3.8) is 0 Å². The van der Waals surface area contributed by atoms with E-state index < -0.39 is 0 Å². The zero-order chi connectivity index (χ0) is 13.7. The van der Waals surface area contributed by atoms with Gasteiger partial charge in [-0.3, -0.25) is 0 Å². The number of benzene rings is 1. The van der Waals surface area contributed by atoms with E-state index in [0.717, 1.165) is 18.8 Å². The fourth-order valence-electron chi connectivity index (χ4n) is 2.04. The number of aryl methyl sites for hydroxylation is 3. The number of para-hydroxylation sites is 1. The highest BCUT2D eigenvalue weighted by Gasteiger charge is 2.02. The van der Waals surface area contributed by atoms with Crippen molar-refractivity contribution in [3.8, 4) is 5.75 Å². The average molecular weight is 275 g/mol. The van der Waals surface area contributed by atoms with Crippen LogP contribution in [0.15, 0.2) is 30.3 Å². The standard InChI is InChI=1S/C16H21NOS/c1-12-5-4-6-13(2)16(12)18-10-9-17-11-15-8-7-14(3)19-15/h4-8,17H,9-11H2,1-3H3. The summed E-state index contributed by atoms with van der Waals surface area (Å²) < 4.78 is 5.85. The van der Waals surface area contributed by atoms with E-state index in [1.54, 1.807) is 0 Å². The predicted molar refractivity (Wildman–Crippen MR) is 82.2 cm³/mol. The monoisotopic (exact) mass is 275 g/mol. The summed E-state index contributed by atoms with van der Waals surface area (Å²) in [6.45, 7) is 8.81. The molecule has 0 fully saturated rings. The first-order chi connectivity index (χ1) is 9.16. The van der Waals surface area contributed by atoms with Gasteiger partial charge in [-0.25, -0.2) is 0 Å². The van der Waals surface area contributed by atoms with Crippen LogP contribution in [0.2, 0.25) is 0 Å². The molecule has 0 bridgehead atoms. The van der Waals surface area contributed by atoms with Crippen LogP contribution in [0.4, 0.5) is 0 Å². The van der Waals surface area contributed by atoms with E-state index in [1.165, 1.54) is 20.9 Å². The summed E-state index contributed by atoms with van der Waals surface area (Å²) in [4.78, 5) is 2.74. The van der Waals surface area contributed by atoms with Crippen LogP contribution >= 0.6 is 11.3 Å². The largest absolute Gasteiger partial charge is 0.492 e. The number of hydrogen-bond acceptors (Lipinski definition) is 3. The maximum Gasteiger partial charge on any atom is 0.125 e. The number of nitrogens with one attached hydrogen (secondary N) is 1. The van der Waals surface area contributed by atoms with E-state index in [2.05, 4.69) is 56.4 Å². The van der Waals surface area contributed by atoms with Crippen LogP contribution in [-0.4, -0.2) is 13.2 Å². The quantitative estimate of drug-likeness (QED) is 0.809. The van der Waals surface area contributed by atoms with Crippen LogP contribution in [0, 0.1) is 20.8 Å². The van der Waals surface area contributed by atoms with E-state index in [1.807, 2.05) is 11.3 Å². The third-order valence-electron chi connectivity index (χ3n) is 3.03. The molecule has 0 amide bonds. The van der Waals surface area contributed by atoms with Gasteiger partial charge in [0.2, 0.25) is 0 Å². The van der Waals surface area contributed by atoms with Gasteiger partial charge in [0.05, 0.1) is 0 Å². The highest BCUT2D eigenvalue weighted by Crippen LogP contribution is 2.21. The molecule has 2 aromatic rings. The molecule has 0 saturated carbocycles. The highest BCUT2D eigenvalue weighted by molar-refractivity contribution is 7.11. The molecule has 3 heteroatoms. The fourth-order valence-corrected chi connectivity index (χ4v) is 2.90. The molecule has 0 unspecified atom stereocenters. The number of rotatable bonds is 6. The molecule has 1 aromatic carbocycles. The molecule has 0 aliphatic rings. The number of thiophene rings is 1. The van der Waals surface area contributed by atoms with Gasteiger partial charge in [-0.05, 0) is 44.0 Å². The first kappa shape index (κ1) is 14.1. The summed E-state index contributed by atoms with van der Waals surface area (Å²) in [5.41, 5.74) is 2.41. The van der Waals surface area contributed by atoms with Gasteiger partial charge in [-0.2, -0.15) is 0 Å². The summed E-state index contributed by atoms with van der Waals surface area (Å²) in [5.74, 6) is 1.02. The third-order valence-corrected chi connectivity index (χ3v) is 4.03. The Labute approximate surface area is 119 Å². The highest BCUT2D eigenvalue weighted by atomic mass is 32.1. The van der Waals surface area contributed by atoms with Gasteiger partial charge >= 0.3 is 0 Å². The van der Waals surface area contributed by atoms with Gasteiger partial charge < -0.3 is 10.1 Å². The number of hydrogen-bond donors (Lipinski definition) is 1. The summed E-state index contributed by atoms with van der Waals surface area (Å²) in [7, 11) is 0. The maximum atomic E-state index is 5.85. The van der Waals surface area contributed by atoms with Gasteiger partial charge in [0.25, 0.3) is 0 Å². The van der Waals surface area contributed by atoms with Crippen molar-refractivity contribution in [1.82, 2.24) is 5.32 Å². The zero-order valence-corrected chi connectivity index (χ0v) is 12.6. The van der Waals surface area contributed by atoms with Crippen molar-refractivity contribution in [2.75, 3.05) is 13.2 Å². The molecule has 19 heavy (non-hydrogen) atoms. The molecule has 2 nitrogen and oxygen atoms in total. The second-order valence-corrected chi connectivity index (χ2v) is 6.13. The molecule has 2 rings (SSSR count). The van der Waals surface area contributed by atoms with Crippen molar-refractivity contribution in [2.45, 2.75) is 27.3 Å². The Morgan fingerprint density at radius 1 is 1.05 bits per heavy atom. The lowest BCUT2D eigenvalue weighted by molar-refractivity contribution is 0.310. The summed E-state index contributed by atoms with van der Waals surface area (Å²) in [6, 6.07) is 10.6. The summed E-state index contributed by atoms with van der Waals surface area (Å²) in [6.07, 6.45) is 0. The van der Waals surface area contributed by atoms with Crippen molar-refractivity contribution in [3.05, 3.63) is 51.2 Å². The minimum Gasteiger partial charge on any atom is -0.492 e. The average Bonchev–Trinajstić information content (AvgIpc) is 2.78. The van der Waals surface area contributed by atoms with Crippen molar-refractivity contribution in [2.24, 2.45) is 0 Å². The van der Waals surface area contributed by atoms with E-state index in [0.29, 0.717) is 6.61 Å². The molecular formula is C16H21NOS. The maximum absolute atomic E-state index is 5.85. The normalized spacial score (nSPS) is 10.7. The Hall–Kier alpha value is -1.32. The predicted octanol–water partition coefficient (Wildman–Crippen LogP) is 3.84. The molecule has 0 atom stereocenters. The molecule has 1 heterocycles.